The Labute approximate surface area is 186 Å². The Bertz CT molecular complexity index is 1020. The van der Waals surface area contributed by atoms with Crippen molar-refractivity contribution in [3.8, 4) is 11.4 Å². The molecule has 0 N–H and O–H groups in total. The summed E-state index contributed by atoms with van der Waals surface area (Å²) in [4.78, 5) is 32.7. The average Bonchev–Trinajstić information content (AvgIpc) is 2.69. The molecule has 2 aliphatic rings. The molecule has 0 atom stereocenters. The summed E-state index contributed by atoms with van der Waals surface area (Å²) >= 11 is 1.68. The van der Waals surface area contributed by atoms with E-state index in [2.05, 4.69) is 0 Å². The van der Waals surface area contributed by atoms with Crippen molar-refractivity contribution in [2.24, 2.45) is 0 Å². The number of methoxy groups -OCH3 is 1. The van der Waals surface area contributed by atoms with Gasteiger partial charge in [-0.25, -0.2) is 9.78 Å². The van der Waals surface area contributed by atoms with Gasteiger partial charge in [-0.3, -0.25) is 9.36 Å². The molecule has 2 heterocycles. The van der Waals surface area contributed by atoms with Crippen LogP contribution < -0.4 is 10.3 Å². The van der Waals surface area contributed by atoms with E-state index >= 15 is 0 Å². The predicted octanol–water partition coefficient (Wildman–Crippen LogP) is 4.18. The van der Waals surface area contributed by atoms with Gasteiger partial charge < -0.3 is 14.4 Å². The van der Waals surface area contributed by atoms with Crippen molar-refractivity contribution in [3.63, 3.8) is 0 Å². The molecule has 7 nitrogen and oxygen atoms in total. The lowest BCUT2D eigenvalue weighted by atomic mass is 10.0. The molecule has 1 amide bonds. The van der Waals surface area contributed by atoms with E-state index in [0.29, 0.717) is 23.8 Å². The molecular formula is C23H29N3O4S. The highest BCUT2D eigenvalue weighted by Gasteiger charge is 2.30. The third kappa shape index (κ3) is 4.74. The van der Waals surface area contributed by atoms with Gasteiger partial charge in [0.05, 0.1) is 30.6 Å². The minimum atomic E-state index is -0.581. The Kier molecular flexibility index (Phi) is 6.01. The van der Waals surface area contributed by atoms with Gasteiger partial charge in [-0.15, -0.1) is 0 Å². The molecule has 0 radical (unpaired) electrons. The Balaban J connectivity index is 1.72. The van der Waals surface area contributed by atoms with Gasteiger partial charge in [0.15, 0.2) is 5.16 Å². The number of benzene rings is 1. The number of hydrogen-bond donors (Lipinski definition) is 0. The molecule has 0 bridgehead atoms. The van der Waals surface area contributed by atoms with Crippen LogP contribution in [0.3, 0.4) is 0 Å². The van der Waals surface area contributed by atoms with E-state index in [1.807, 2.05) is 45.0 Å². The Hall–Kier alpha value is -2.48. The normalized spacial score (nSPS) is 16.5. The highest BCUT2D eigenvalue weighted by Crippen LogP contribution is 2.36. The zero-order valence-corrected chi connectivity index (χ0v) is 19.3. The van der Waals surface area contributed by atoms with E-state index in [1.165, 1.54) is 6.42 Å². The van der Waals surface area contributed by atoms with Crippen molar-refractivity contribution in [2.45, 2.75) is 69.0 Å². The fraction of sp³-hybridized carbons (Fsp3) is 0.522. The third-order valence-electron chi connectivity index (χ3n) is 5.51. The smallest absolute Gasteiger partial charge is 0.410 e. The molecule has 1 aliphatic carbocycles. The van der Waals surface area contributed by atoms with Gasteiger partial charge in [0, 0.05) is 18.2 Å². The first-order chi connectivity index (χ1) is 14.7. The van der Waals surface area contributed by atoms with Gasteiger partial charge in [-0.2, -0.15) is 0 Å². The van der Waals surface area contributed by atoms with Gasteiger partial charge >= 0.3 is 6.09 Å². The third-order valence-corrected chi connectivity index (χ3v) is 6.79. The molecule has 8 heteroatoms. The number of hydrogen-bond acceptors (Lipinski definition) is 6. The van der Waals surface area contributed by atoms with Crippen LogP contribution in [-0.4, -0.2) is 45.0 Å². The first-order valence-corrected chi connectivity index (χ1v) is 11.6. The molecule has 1 aromatic carbocycles. The van der Waals surface area contributed by atoms with E-state index in [0.717, 1.165) is 35.1 Å². The number of carbonyl (C=O) groups is 1. The number of amides is 1. The van der Waals surface area contributed by atoms with E-state index in [4.69, 9.17) is 14.5 Å². The van der Waals surface area contributed by atoms with E-state index in [1.54, 1.807) is 28.3 Å². The molecule has 0 saturated heterocycles. The Morgan fingerprint density at radius 2 is 1.90 bits per heavy atom. The minimum Gasteiger partial charge on any atom is -0.497 e. The number of nitrogens with zero attached hydrogens (tertiary/aromatic N) is 3. The lowest BCUT2D eigenvalue weighted by Gasteiger charge is -2.31. The molecule has 1 aromatic heterocycles. The van der Waals surface area contributed by atoms with Crippen LogP contribution in [0.1, 0.15) is 51.3 Å². The van der Waals surface area contributed by atoms with E-state index < -0.39 is 11.7 Å². The number of fused-ring (bicyclic) bond motifs is 1. The van der Waals surface area contributed by atoms with Crippen LogP contribution in [0.5, 0.6) is 5.75 Å². The molecule has 166 valence electrons. The van der Waals surface area contributed by atoms with Gasteiger partial charge in [0.25, 0.3) is 5.56 Å². The second-order valence-electron chi connectivity index (χ2n) is 8.98. The summed E-state index contributed by atoms with van der Waals surface area (Å²) in [5.74, 6) is 0.729. The maximum Gasteiger partial charge on any atom is 0.410 e. The molecule has 2 aromatic rings. The maximum atomic E-state index is 13.6. The number of aromatic nitrogens is 2. The summed E-state index contributed by atoms with van der Waals surface area (Å²) in [6, 6.07) is 7.42. The first-order valence-electron chi connectivity index (χ1n) is 10.7. The van der Waals surface area contributed by atoms with Crippen molar-refractivity contribution in [2.75, 3.05) is 13.7 Å². The summed E-state index contributed by atoms with van der Waals surface area (Å²) in [5.41, 5.74) is 1.40. The van der Waals surface area contributed by atoms with Crippen LogP contribution in [0.25, 0.3) is 5.69 Å². The van der Waals surface area contributed by atoms with E-state index in [-0.39, 0.29) is 12.1 Å². The van der Waals surface area contributed by atoms with Gasteiger partial charge in [0.1, 0.15) is 11.4 Å². The maximum absolute atomic E-state index is 13.6. The predicted molar refractivity (Wildman–Crippen MR) is 120 cm³/mol. The van der Waals surface area contributed by atoms with Gasteiger partial charge in [-0.05, 0) is 57.9 Å². The van der Waals surface area contributed by atoms with Crippen LogP contribution in [0.4, 0.5) is 4.79 Å². The number of thioether (sulfide) groups is 1. The SMILES string of the molecule is COc1ccc(-n2c(SC3CCC3)nc3c(c2=O)CN(C(=O)OC(C)(C)C)CC3)cc1. The largest absolute Gasteiger partial charge is 0.497 e. The molecular weight excluding hydrogens is 414 g/mol. The fourth-order valence-corrected chi connectivity index (χ4v) is 4.94. The quantitative estimate of drug-likeness (QED) is 0.660. The van der Waals surface area contributed by atoms with Crippen LogP contribution in [0, 0.1) is 0 Å². The van der Waals surface area contributed by atoms with Crippen molar-refractivity contribution >= 4 is 17.9 Å². The molecule has 31 heavy (non-hydrogen) atoms. The number of ether oxygens (including phenoxy) is 2. The van der Waals surface area contributed by atoms with Crippen LogP contribution >= 0.6 is 11.8 Å². The molecule has 4 rings (SSSR count). The topological polar surface area (TPSA) is 73.7 Å². The molecule has 0 spiro atoms. The second-order valence-corrected chi connectivity index (χ2v) is 10.2. The molecule has 0 unspecified atom stereocenters. The summed E-state index contributed by atoms with van der Waals surface area (Å²) < 4.78 is 12.5. The zero-order chi connectivity index (χ0) is 22.2. The van der Waals surface area contributed by atoms with Crippen LogP contribution in [0.2, 0.25) is 0 Å². The number of rotatable bonds is 4. The van der Waals surface area contributed by atoms with Crippen LogP contribution in [0.15, 0.2) is 34.2 Å². The van der Waals surface area contributed by atoms with Crippen molar-refractivity contribution in [3.05, 3.63) is 45.9 Å². The molecule has 1 aliphatic heterocycles. The average molecular weight is 444 g/mol. The molecule has 1 fully saturated rings. The lowest BCUT2D eigenvalue weighted by Crippen LogP contribution is -2.43. The second kappa shape index (κ2) is 8.57. The Morgan fingerprint density at radius 3 is 2.48 bits per heavy atom. The minimum absolute atomic E-state index is 0.120. The van der Waals surface area contributed by atoms with E-state index in [9.17, 15) is 9.59 Å². The monoisotopic (exact) mass is 443 g/mol. The van der Waals surface area contributed by atoms with Gasteiger partial charge in [0.2, 0.25) is 0 Å². The summed E-state index contributed by atoms with van der Waals surface area (Å²) in [6.07, 6.45) is 3.66. The summed E-state index contributed by atoms with van der Waals surface area (Å²) in [5, 5.41) is 1.22. The lowest BCUT2D eigenvalue weighted by molar-refractivity contribution is 0.0221. The van der Waals surface area contributed by atoms with Crippen molar-refractivity contribution in [1.29, 1.82) is 0 Å². The fourth-order valence-electron chi connectivity index (χ4n) is 3.61. The van der Waals surface area contributed by atoms with Crippen molar-refractivity contribution in [1.82, 2.24) is 14.5 Å². The highest BCUT2D eigenvalue weighted by molar-refractivity contribution is 7.99. The zero-order valence-electron chi connectivity index (χ0n) is 18.5. The summed E-state index contributed by atoms with van der Waals surface area (Å²) in [7, 11) is 1.62. The summed E-state index contributed by atoms with van der Waals surface area (Å²) in [6.45, 7) is 6.22. The Morgan fingerprint density at radius 1 is 1.19 bits per heavy atom. The van der Waals surface area contributed by atoms with Crippen LogP contribution in [-0.2, 0) is 17.7 Å². The number of carbonyl (C=O) groups excluding carboxylic acids is 1. The first kappa shape index (κ1) is 21.7. The standard InChI is InChI=1S/C23H29N3O4S/c1-23(2,3)30-22(28)25-13-12-19-18(14-25)20(27)26(15-8-10-16(29-4)11-9-15)21(24-19)31-17-6-5-7-17/h8-11,17H,5-7,12-14H2,1-4H3. The highest BCUT2D eigenvalue weighted by atomic mass is 32.2. The molecule has 1 saturated carbocycles. The van der Waals surface area contributed by atoms with Gasteiger partial charge in [-0.1, -0.05) is 18.2 Å². The van der Waals surface area contributed by atoms with Crippen molar-refractivity contribution < 1.29 is 14.3 Å².